The number of carbonyl (C=O) groups excluding carboxylic acids is 1. The van der Waals surface area contributed by atoms with E-state index in [4.69, 9.17) is 5.73 Å². The van der Waals surface area contributed by atoms with Crippen molar-refractivity contribution in [1.82, 2.24) is 0 Å². The fourth-order valence-electron chi connectivity index (χ4n) is 5.36. The summed E-state index contributed by atoms with van der Waals surface area (Å²) in [5.74, 6) is 0.144. The fraction of sp³-hybridized carbons (Fsp3) is 0.241. The molecule has 0 amide bonds. The van der Waals surface area contributed by atoms with Crippen LogP contribution in [0.1, 0.15) is 46.2 Å². The molecule has 1 aliphatic carbocycles. The number of nitriles is 1. The first-order valence-electron chi connectivity index (χ1n) is 11.7. The van der Waals surface area contributed by atoms with Gasteiger partial charge in [-0.1, -0.05) is 48.5 Å². The van der Waals surface area contributed by atoms with Gasteiger partial charge >= 0.3 is 0 Å². The van der Waals surface area contributed by atoms with Crippen molar-refractivity contribution < 1.29 is 4.79 Å². The quantitative estimate of drug-likeness (QED) is 0.402. The third-order valence-corrected chi connectivity index (χ3v) is 9.16. The van der Waals surface area contributed by atoms with Crippen LogP contribution in [0.5, 0.6) is 0 Å². The number of aryl methyl sites for hydroxylation is 2. The Morgan fingerprint density at radius 3 is 2.49 bits per heavy atom. The van der Waals surface area contributed by atoms with Crippen LogP contribution in [0.3, 0.4) is 0 Å². The van der Waals surface area contributed by atoms with Crippen LogP contribution >= 0.6 is 23.1 Å². The molecule has 2 unspecified atom stereocenters. The molecule has 2 aromatic carbocycles. The number of allylic oxidation sites excluding steroid dienone is 3. The molecule has 0 fully saturated rings. The molecule has 2 atom stereocenters. The Kier molecular flexibility index (Phi) is 6.31. The molecule has 2 N–H and O–H groups in total. The van der Waals surface area contributed by atoms with Crippen molar-refractivity contribution in [2.75, 3.05) is 11.2 Å². The molecule has 0 saturated heterocycles. The number of hydrogen-bond donors (Lipinski definition) is 1. The molecule has 2 heterocycles. The molecule has 1 aliphatic heterocycles. The zero-order valence-corrected chi connectivity index (χ0v) is 21.7. The van der Waals surface area contributed by atoms with Crippen LogP contribution in [0.2, 0.25) is 0 Å². The maximum absolute atomic E-state index is 14.0. The van der Waals surface area contributed by atoms with Crippen LogP contribution in [0.25, 0.3) is 0 Å². The summed E-state index contributed by atoms with van der Waals surface area (Å²) < 4.78 is 1.13. The molecule has 3 aromatic rings. The van der Waals surface area contributed by atoms with E-state index in [0.717, 1.165) is 42.7 Å². The Hall–Kier alpha value is -3.27. The van der Waals surface area contributed by atoms with Crippen LogP contribution in [0.15, 0.2) is 87.5 Å². The number of anilines is 1. The van der Waals surface area contributed by atoms with E-state index in [2.05, 4.69) is 31.2 Å². The first-order chi connectivity index (χ1) is 16.9. The first kappa shape index (κ1) is 23.5. The maximum atomic E-state index is 14.0. The second-order valence-electron chi connectivity index (χ2n) is 9.07. The van der Waals surface area contributed by atoms with Crippen molar-refractivity contribution >= 4 is 34.6 Å². The lowest BCUT2D eigenvalue weighted by Gasteiger charge is -2.42. The number of para-hydroxylation sites is 1. The first-order valence-corrected chi connectivity index (χ1v) is 13.7. The highest BCUT2D eigenvalue weighted by molar-refractivity contribution is 8.00. The van der Waals surface area contributed by atoms with E-state index >= 15 is 0 Å². The molecular formula is C29H27N3OS2. The number of thiophene rings is 1. The van der Waals surface area contributed by atoms with E-state index < -0.39 is 5.92 Å². The molecule has 0 radical (unpaired) electrons. The predicted molar refractivity (Wildman–Crippen MR) is 145 cm³/mol. The number of benzene rings is 2. The fourth-order valence-corrected chi connectivity index (χ4v) is 7.28. The summed E-state index contributed by atoms with van der Waals surface area (Å²) in [6, 6.07) is 22.8. The molecule has 0 spiro atoms. The third kappa shape index (κ3) is 3.99. The number of rotatable bonds is 4. The maximum Gasteiger partial charge on any atom is 0.162 e. The zero-order chi connectivity index (χ0) is 24.7. The number of hydrogen-bond acceptors (Lipinski definition) is 6. The SMILES string of the molecule is CSc1sc(C)cc1C1C(C#N)=C(N)N(c2ccccc2C)C2=C1C(=O)CC(c1ccccc1)C2. The summed E-state index contributed by atoms with van der Waals surface area (Å²) in [5.41, 5.74) is 13.0. The van der Waals surface area contributed by atoms with Crippen LogP contribution in [0.4, 0.5) is 5.69 Å². The normalized spacial score (nSPS) is 20.2. The molecule has 5 rings (SSSR count). The minimum atomic E-state index is -0.438. The smallest absolute Gasteiger partial charge is 0.162 e. The summed E-state index contributed by atoms with van der Waals surface area (Å²) >= 11 is 3.36. The van der Waals surface area contributed by atoms with Gasteiger partial charge in [0.2, 0.25) is 0 Å². The number of nitrogens with two attached hydrogens (primary N) is 1. The zero-order valence-electron chi connectivity index (χ0n) is 20.0. The van der Waals surface area contributed by atoms with E-state index in [1.165, 1.54) is 0 Å². The lowest BCUT2D eigenvalue weighted by molar-refractivity contribution is -0.116. The van der Waals surface area contributed by atoms with Crippen molar-refractivity contribution in [2.24, 2.45) is 5.73 Å². The summed E-state index contributed by atoms with van der Waals surface area (Å²) in [7, 11) is 0. The molecule has 1 aromatic heterocycles. The molecule has 0 bridgehead atoms. The molecule has 6 heteroatoms. The monoisotopic (exact) mass is 497 g/mol. The highest BCUT2D eigenvalue weighted by Crippen LogP contribution is 2.51. The number of carbonyl (C=O) groups is 1. The van der Waals surface area contributed by atoms with Gasteiger partial charge in [0.15, 0.2) is 5.78 Å². The van der Waals surface area contributed by atoms with Crippen molar-refractivity contribution in [1.29, 1.82) is 5.26 Å². The number of thioether (sulfide) groups is 1. The highest BCUT2D eigenvalue weighted by Gasteiger charge is 2.44. The Balaban J connectivity index is 1.77. The van der Waals surface area contributed by atoms with Crippen LogP contribution in [-0.4, -0.2) is 12.0 Å². The Morgan fingerprint density at radius 2 is 1.80 bits per heavy atom. The van der Waals surface area contributed by atoms with Crippen LogP contribution in [0, 0.1) is 25.2 Å². The predicted octanol–water partition coefficient (Wildman–Crippen LogP) is 6.79. The number of nitrogens with zero attached hydrogens (tertiary/aromatic N) is 2. The molecule has 4 nitrogen and oxygen atoms in total. The van der Waals surface area contributed by atoms with Gasteiger partial charge in [-0.25, -0.2) is 0 Å². The van der Waals surface area contributed by atoms with Crippen molar-refractivity contribution in [2.45, 2.75) is 42.7 Å². The van der Waals surface area contributed by atoms with Gasteiger partial charge in [-0.05, 0) is 61.3 Å². The molecular weight excluding hydrogens is 470 g/mol. The lowest BCUT2D eigenvalue weighted by Crippen LogP contribution is -2.40. The van der Waals surface area contributed by atoms with Crippen LogP contribution in [-0.2, 0) is 4.79 Å². The topological polar surface area (TPSA) is 70.1 Å². The van der Waals surface area contributed by atoms with Crippen molar-refractivity contribution in [3.05, 3.63) is 105 Å². The average Bonchev–Trinajstić information content (AvgIpc) is 3.24. The third-order valence-electron chi connectivity index (χ3n) is 6.94. The molecule has 2 aliphatic rings. The van der Waals surface area contributed by atoms with Gasteiger partial charge in [0.25, 0.3) is 0 Å². The van der Waals surface area contributed by atoms with E-state index in [1.807, 2.05) is 60.5 Å². The van der Waals surface area contributed by atoms with E-state index in [9.17, 15) is 10.1 Å². The van der Waals surface area contributed by atoms with Crippen molar-refractivity contribution in [3.63, 3.8) is 0 Å². The van der Waals surface area contributed by atoms with Gasteiger partial charge in [-0.3, -0.25) is 9.69 Å². The van der Waals surface area contributed by atoms with Gasteiger partial charge in [0.1, 0.15) is 5.82 Å². The number of ketones is 1. The minimum Gasteiger partial charge on any atom is -0.384 e. The van der Waals surface area contributed by atoms with Crippen molar-refractivity contribution in [3.8, 4) is 6.07 Å². The van der Waals surface area contributed by atoms with Gasteiger partial charge in [-0.2, -0.15) is 5.26 Å². The lowest BCUT2D eigenvalue weighted by atomic mass is 9.72. The minimum absolute atomic E-state index is 0.0651. The van der Waals surface area contributed by atoms with Gasteiger partial charge in [-0.15, -0.1) is 23.1 Å². The summed E-state index contributed by atoms with van der Waals surface area (Å²) in [4.78, 5) is 17.1. The summed E-state index contributed by atoms with van der Waals surface area (Å²) in [6.45, 7) is 4.10. The summed E-state index contributed by atoms with van der Waals surface area (Å²) in [5, 5.41) is 10.4. The molecule has 0 saturated carbocycles. The van der Waals surface area contributed by atoms with E-state index in [0.29, 0.717) is 24.2 Å². The standard InChI is InChI=1S/C29H27N3OS2/c1-17-9-7-8-12-23(17)32-24-14-20(19-10-5-4-6-11-19)15-25(33)27(24)26(22(16-30)28(32)31)21-13-18(2)35-29(21)34-3/h4-13,20,26H,14-15,31H2,1-3H3. The Bertz CT molecular complexity index is 1410. The average molecular weight is 498 g/mol. The van der Waals surface area contributed by atoms with Gasteiger partial charge in [0.05, 0.1) is 27.5 Å². The Labute approximate surface area is 214 Å². The number of Topliss-reactive ketones (excluding diaryl/α,β-unsaturated/α-hetero) is 1. The molecule has 176 valence electrons. The molecule has 35 heavy (non-hydrogen) atoms. The van der Waals surface area contributed by atoms with Gasteiger partial charge in [0, 0.05) is 22.6 Å². The van der Waals surface area contributed by atoms with Crippen LogP contribution < -0.4 is 10.6 Å². The largest absolute Gasteiger partial charge is 0.384 e. The second kappa shape index (κ2) is 9.41. The van der Waals surface area contributed by atoms with E-state index in [1.54, 1.807) is 23.1 Å². The second-order valence-corrected chi connectivity index (χ2v) is 11.4. The Morgan fingerprint density at radius 1 is 1.09 bits per heavy atom. The van der Waals surface area contributed by atoms with E-state index in [-0.39, 0.29) is 11.7 Å². The summed E-state index contributed by atoms with van der Waals surface area (Å²) in [6.07, 6.45) is 3.16. The van der Waals surface area contributed by atoms with Gasteiger partial charge < -0.3 is 5.73 Å². The highest BCUT2D eigenvalue weighted by atomic mass is 32.2.